The lowest BCUT2D eigenvalue weighted by Crippen LogP contribution is -2.15. The van der Waals surface area contributed by atoms with Crippen LogP contribution in [0.3, 0.4) is 0 Å². The molecule has 0 fully saturated rings. The van der Waals surface area contributed by atoms with E-state index in [-0.39, 0.29) is 0 Å². The maximum atomic E-state index is 11.0. The minimum absolute atomic E-state index is 0.458. The molecular formula is C13H11NO4. The number of rotatable bonds is 2. The molecule has 0 N–H and O–H groups in total. The van der Waals surface area contributed by atoms with Crippen LogP contribution in [-0.2, 0) is 0 Å². The van der Waals surface area contributed by atoms with Gasteiger partial charge in [-0.05, 0) is 25.1 Å². The van der Waals surface area contributed by atoms with Gasteiger partial charge in [0.05, 0.1) is 11.3 Å². The minimum Gasteiger partial charge on any atom is -0.486 e. The van der Waals surface area contributed by atoms with Gasteiger partial charge in [-0.1, -0.05) is 5.16 Å². The van der Waals surface area contributed by atoms with E-state index in [1.54, 1.807) is 19.1 Å². The van der Waals surface area contributed by atoms with Crippen molar-refractivity contribution in [2.75, 3.05) is 13.2 Å². The normalized spacial score (nSPS) is 13.4. The van der Waals surface area contributed by atoms with Gasteiger partial charge in [0.1, 0.15) is 13.2 Å². The molecule has 2 aromatic rings. The number of ether oxygens (including phenoxy) is 2. The van der Waals surface area contributed by atoms with Crippen molar-refractivity contribution >= 4 is 6.29 Å². The zero-order valence-electron chi connectivity index (χ0n) is 9.80. The number of hydrogen-bond donors (Lipinski definition) is 0. The summed E-state index contributed by atoms with van der Waals surface area (Å²) < 4.78 is 16.1. The molecular weight excluding hydrogens is 234 g/mol. The van der Waals surface area contributed by atoms with Crippen molar-refractivity contribution in [3.8, 4) is 22.8 Å². The zero-order chi connectivity index (χ0) is 12.5. The van der Waals surface area contributed by atoms with E-state index < -0.39 is 0 Å². The highest BCUT2D eigenvalue weighted by molar-refractivity contribution is 5.86. The number of aromatic nitrogens is 1. The Balaban J connectivity index is 2.09. The number of hydrogen-bond acceptors (Lipinski definition) is 5. The molecule has 0 bridgehead atoms. The monoisotopic (exact) mass is 245 g/mol. The van der Waals surface area contributed by atoms with Crippen LogP contribution in [0.1, 0.15) is 16.1 Å². The Morgan fingerprint density at radius 1 is 1.22 bits per heavy atom. The van der Waals surface area contributed by atoms with E-state index in [9.17, 15) is 4.79 Å². The minimum atomic E-state index is 0.458. The van der Waals surface area contributed by atoms with Crippen LogP contribution in [0.15, 0.2) is 22.7 Å². The second-order valence-electron chi connectivity index (χ2n) is 3.99. The van der Waals surface area contributed by atoms with Crippen LogP contribution in [0.25, 0.3) is 11.3 Å². The Labute approximate surface area is 103 Å². The molecule has 0 saturated heterocycles. The highest BCUT2D eigenvalue weighted by Gasteiger charge is 2.18. The number of nitrogens with zero attached hydrogens (tertiary/aromatic N) is 1. The van der Waals surface area contributed by atoms with Gasteiger partial charge in [0.15, 0.2) is 23.5 Å². The van der Waals surface area contributed by atoms with Crippen molar-refractivity contribution in [2.45, 2.75) is 6.92 Å². The molecule has 92 valence electrons. The number of aryl methyl sites for hydroxylation is 1. The Morgan fingerprint density at radius 2 is 2.00 bits per heavy atom. The quantitative estimate of drug-likeness (QED) is 0.759. The van der Waals surface area contributed by atoms with E-state index in [2.05, 4.69) is 5.16 Å². The van der Waals surface area contributed by atoms with Gasteiger partial charge in [-0.15, -0.1) is 0 Å². The average molecular weight is 245 g/mol. The van der Waals surface area contributed by atoms with Crippen molar-refractivity contribution in [1.29, 1.82) is 0 Å². The predicted molar refractivity (Wildman–Crippen MR) is 63.1 cm³/mol. The van der Waals surface area contributed by atoms with E-state index in [0.717, 1.165) is 11.8 Å². The van der Waals surface area contributed by atoms with E-state index in [1.807, 2.05) is 6.07 Å². The van der Waals surface area contributed by atoms with Crippen molar-refractivity contribution in [3.05, 3.63) is 29.5 Å². The number of carbonyl (C=O) groups excluding carboxylic acids is 1. The lowest BCUT2D eigenvalue weighted by Gasteiger charge is -2.18. The highest BCUT2D eigenvalue weighted by atomic mass is 16.6. The summed E-state index contributed by atoms with van der Waals surface area (Å²) in [6.07, 6.45) is 0.748. The summed E-state index contributed by atoms with van der Waals surface area (Å²) in [6, 6.07) is 5.41. The number of benzene rings is 1. The molecule has 0 saturated carbocycles. The highest BCUT2D eigenvalue weighted by Crippen LogP contribution is 2.35. The zero-order valence-corrected chi connectivity index (χ0v) is 9.80. The first-order valence-electron chi connectivity index (χ1n) is 5.61. The second-order valence-corrected chi connectivity index (χ2v) is 3.99. The van der Waals surface area contributed by atoms with Gasteiger partial charge in [0.25, 0.3) is 0 Å². The number of carbonyl (C=O) groups is 1. The summed E-state index contributed by atoms with van der Waals surface area (Å²) in [5.41, 5.74) is 1.79. The van der Waals surface area contributed by atoms with Gasteiger partial charge >= 0.3 is 0 Å². The van der Waals surface area contributed by atoms with Gasteiger partial charge in [-0.25, -0.2) is 0 Å². The average Bonchev–Trinajstić information content (AvgIpc) is 2.79. The van der Waals surface area contributed by atoms with Crippen LogP contribution in [0.4, 0.5) is 0 Å². The molecule has 0 amide bonds. The van der Waals surface area contributed by atoms with Gasteiger partial charge in [0, 0.05) is 5.56 Å². The number of aldehydes is 1. The Kier molecular flexibility index (Phi) is 2.51. The predicted octanol–water partition coefficient (Wildman–Crippen LogP) is 2.23. The van der Waals surface area contributed by atoms with Crippen LogP contribution in [-0.4, -0.2) is 24.7 Å². The Hall–Kier alpha value is -2.30. The lowest BCUT2D eigenvalue weighted by atomic mass is 10.1. The van der Waals surface area contributed by atoms with Crippen molar-refractivity contribution < 1.29 is 18.8 Å². The number of fused-ring (bicyclic) bond motifs is 1. The fourth-order valence-electron chi connectivity index (χ4n) is 1.91. The van der Waals surface area contributed by atoms with E-state index in [0.29, 0.717) is 41.7 Å². The summed E-state index contributed by atoms with van der Waals surface area (Å²) in [5, 5.41) is 3.80. The third-order valence-electron chi connectivity index (χ3n) is 2.83. The summed E-state index contributed by atoms with van der Waals surface area (Å²) >= 11 is 0. The maximum absolute atomic E-state index is 11.0. The lowest BCUT2D eigenvalue weighted by molar-refractivity contribution is 0.112. The first-order valence-corrected chi connectivity index (χ1v) is 5.61. The standard InChI is InChI=1S/C13H11NO4/c1-8-10(7-15)13(18-14-8)9-2-3-11-12(6-9)17-5-4-16-11/h2-3,6-7H,4-5H2,1H3. The Morgan fingerprint density at radius 3 is 2.78 bits per heavy atom. The SMILES string of the molecule is Cc1noc(-c2ccc3c(c2)OCCO3)c1C=O. The first kappa shape index (κ1) is 10.8. The molecule has 0 atom stereocenters. The second kappa shape index (κ2) is 4.18. The molecule has 5 heteroatoms. The van der Waals surface area contributed by atoms with Gasteiger partial charge in [-0.3, -0.25) is 4.79 Å². The molecule has 0 radical (unpaired) electrons. The van der Waals surface area contributed by atoms with E-state index >= 15 is 0 Å². The first-order chi connectivity index (χ1) is 8.79. The van der Waals surface area contributed by atoms with Crippen LogP contribution in [0, 0.1) is 6.92 Å². The summed E-state index contributed by atoms with van der Waals surface area (Å²) in [5.74, 6) is 1.82. The largest absolute Gasteiger partial charge is 0.486 e. The molecule has 0 unspecified atom stereocenters. The van der Waals surface area contributed by atoms with Crippen LogP contribution in [0.5, 0.6) is 11.5 Å². The molecule has 1 aromatic heterocycles. The van der Waals surface area contributed by atoms with Crippen molar-refractivity contribution in [3.63, 3.8) is 0 Å². The fourth-order valence-corrected chi connectivity index (χ4v) is 1.91. The fraction of sp³-hybridized carbons (Fsp3) is 0.231. The molecule has 18 heavy (non-hydrogen) atoms. The smallest absolute Gasteiger partial charge is 0.177 e. The summed E-state index contributed by atoms with van der Waals surface area (Å²) in [7, 11) is 0. The molecule has 0 spiro atoms. The Bertz CT molecular complexity index is 603. The molecule has 0 aliphatic carbocycles. The van der Waals surface area contributed by atoms with Gasteiger partial charge < -0.3 is 14.0 Å². The summed E-state index contributed by atoms with van der Waals surface area (Å²) in [6.45, 7) is 2.80. The van der Waals surface area contributed by atoms with Gasteiger partial charge in [-0.2, -0.15) is 0 Å². The van der Waals surface area contributed by atoms with Crippen LogP contribution in [0.2, 0.25) is 0 Å². The van der Waals surface area contributed by atoms with Crippen LogP contribution >= 0.6 is 0 Å². The third-order valence-corrected chi connectivity index (χ3v) is 2.83. The molecule has 5 nitrogen and oxygen atoms in total. The molecule has 3 rings (SSSR count). The van der Waals surface area contributed by atoms with Gasteiger partial charge in [0.2, 0.25) is 0 Å². The summed E-state index contributed by atoms with van der Waals surface area (Å²) in [4.78, 5) is 11.0. The van der Waals surface area contributed by atoms with E-state index in [4.69, 9.17) is 14.0 Å². The topological polar surface area (TPSA) is 61.6 Å². The third kappa shape index (κ3) is 1.64. The molecule has 1 aliphatic rings. The van der Waals surface area contributed by atoms with Crippen molar-refractivity contribution in [1.82, 2.24) is 5.16 Å². The van der Waals surface area contributed by atoms with Crippen LogP contribution < -0.4 is 9.47 Å². The molecule has 1 aliphatic heterocycles. The van der Waals surface area contributed by atoms with Crippen molar-refractivity contribution in [2.24, 2.45) is 0 Å². The van der Waals surface area contributed by atoms with E-state index in [1.165, 1.54) is 0 Å². The maximum Gasteiger partial charge on any atom is 0.177 e. The molecule has 2 heterocycles. The molecule has 1 aromatic carbocycles.